The molecule has 8 nitrogen and oxygen atoms in total. The van der Waals surface area contributed by atoms with Gasteiger partial charge in [0.25, 0.3) is 11.8 Å². The molecule has 1 saturated heterocycles. The van der Waals surface area contributed by atoms with Gasteiger partial charge in [-0.15, -0.1) is 0 Å². The van der Waals surface area contributed by atoms with Crippen molar-refractivity contribution in [3.05, 3.63) is 64.7 Å². The van der Waals surface area contributed by atoms with Crippen LogP contribution in [-0.2, 0) is 25.3 Å². The minimum atomic E-state index is -4.63. The van der Waals surface area contributed by atoms with Gasteiger partial charge in [0.1, 0.15) is 0 Å². The summed E-state index contributed by atoms with van der Waals surface area (Å²) in [5.74, 6) is -3.76. The molecule has 0 unspecified atom stereocenters. The second kappa shape index (κ2) is 9.90. The quantitative estimate of drug-likeness (QED) is 0.615. The Labute approximate surface area is 190 Å². The van der Waals surface area contributed by atoms with Crippen molar-refractivity contribution < 1.29 is 37.1 Å². The van der Waals surface area contributed by atoms with Crippen molar-refractivity contribution in [2.75, 3.05) is 18.5 Å². The normalized spacial score (nSPS) is 15.8. The summed E-state index contributed by atoms with van der Waals surface area (Å²) in [6, 6.07) is 10.5. The highest BCUT2D eigenvalue weighted by Gasteiger charge is 2.37. The first-order valence-electron chi connectivity index (χ1n) is 9.54. The average Bonchev–Trinajstić information content (AvgIpc) is 3.13. The van der Waals surface area contributed by atoms with Gasteiger partial charge in [0.15, 0.2) is 6.61 Å². The number of carbonyl (C=O) groups excluding carboxylic acids is 4. The van der Waals surface area contributed by atoms with Crippen molar-refractivity contribution in [2.24, 2.45) is 5.92 Å². The lowest BCUT2D eigenvalue weighted by molar-refractivity contribution is -0.151. The molecule has 3 rings (SSSR count). The number of nitrogens with zero attached hydrogens (tertiary/aromatic N) is 1. The minimum Gasteiger partial charge on any atom is -0.455 e. The summed E-state index contributed by atoms with van der Waals surface area (Å²) in [6.45, 7) is -0.955. The van der Waals surface area contributed by atoms with Gasteiger partial charge >= 0.3 is 12.1 Å². The molecule has 3 amide bonds. The van der Waals surface area contributed by atoms with Crippen LogP contribution in [0.3, 0.4) is 0 Å². The van der Waals surface area contributed by atoms with Gasteiger partial charge in [0.05, 0.1) is 28.7 Å². The lowest BCUT2D eigenvalue weighted by Crippen LogP contribution is -2.43. The monoisotopic (exact) mass is 483 g/mol. The average molecular weight is 484 g/mol. The van der Waals surface area contributed by atoms with E-state index in [-0.39, 0.29) is 23.7 Å². The molecule has 1 heterocycles. The first-order valence-corrected chi connectivity index (χ1v) is 9.92. The zero-order valence-corrected chi connectivity index (χ0v) is 17.6. The number of ether oxygens (including phenoxy) is 1. The van der Waals surface area contributed by atoms with Crippen LogP contribution < -0.4 is 10.7 Å². The number of carbonyl (C=O) groups is 4. The molecule has 1 fully saturated rings. The number of hydrazine groups is 1. The van der Waals surface area contributed by atoms with E-state index < -0.39 is 48.0 Å². The van der Waals surface area contributed by atoms with Crippen LogP contribution in [0, 0.1) is 5.92 Å². The van der Waals surface area contributed by atoms with Gasteiger partial charge in [0, 0.05) is 12.0 Å². The third-order valence-corrected chi connectivity index (χ3v) is 4.97. The van der Waals surface area contributed by atoms with Crippen LogP contribution in [0.1, 0.15) is 22.3 Å². The third-order valence-electron chi connectivity index (χ3n) is 4.64. The fourth-order valence-electron chi connectivity index (χ4n) is 2.99. The van der Waals surface area contributed by atoms with Crippen LogP contribution in [0.4, 0.5) is 18.9 Å². The predicted octanol–water partition coefficient (Wildman–Crippen LogP) is 3.03. The molecule has 0 aromatic heterocycles. The number of rotatable bonds is 6. The highest BCUT2D eigenvalue weighted by Crippen LogP contribution is 2.33. The molecule has 1 aliphatic heterocycles. The van der Waals surface area contributed by atoms with Gasteiger partial charge in [0.2, 0.25) is 5.91 Å². The molecule has 0 radical (unpaired) electrons. The largest absolute Gasteiger partial charge is 0.455 e. The Morgan fingerprint density at radius 2 is 1.82 bits per heavy atom. The first-order chi connectivity index (χ1) is 15.5. The summed E-state index contributed by atoms with van der Waals surface area (Å²) in [5.41, 5.74) is 1.42. The molecule has 2 N–H and O–H groups in total. The van der Waals surface area contributed by atoms with Crippen LogP contribution >= 0.6 is 11.6 Å². The maximum Gasteiger partial charge on any atom is 0.416 e. The van der Waals surface area contributed by atoms with Crippen LogP contribution in [0.15, 0.2) is 48.5 Å². The van der Waals surface area contributed by atoms with E-state index in [1.165, 1.54) is 0 Å². The number of benzene rings is 2. The number of nitrogens with one attached hydrogen (secondary N) is 2. The van der Waals surface area contributed by atoms with Gasteiger partial charge in [-0.3, -0.25) is 29.6 Å². The van der Waals surface area contributed by atoms with E-state index in [1.807, 2.05) is 0 Å². The highest BCUT2D eigenvalue weighted by molar-refractivity contribution is 6.33. The summed E-state index contributed by atoms with van der Waals surface area (Å²) in [4.78, 5) is 48.5. The second-order valence-electron chi connectivity index (χ2n) is 7.06. The summed E-state index contributed by atoms with van der Waals surface area (Å²) in [7, 11) is 0. The van der Waals surface area contributed by atoms with Crippen molar-refractivity contribution >= 4 is 41.0 Å². The van der Waals surface area contributed by atoms with E-state index in [1.54, 1.807) is 30.3 Å². The Hall–Kier alpha value is -3.60. The van der Waals surface area contributed by atoms with Gasteiger partial charge < -0.3 is 10.1 Å². The number of amides is 3. The molecule has 0 saturated carbocycles. The predicted molar refractivity (Wildman–Crippen MR) is 110 cm³/mol. The van der Waals surface area contributed by atoms with Gasteiger partial charge in [-0.25, -0.2) is 0 Å². The van der Waals surface area contributed by atoms with Crippen molar-refractivity contribution in [1.29, 1.82) is 0 Å². The number of hydrogen-bond acceptors (Lipinski definition) is 5. The Kier molecular flexibility index (Phi) is 7.22. The second-order valence-corrected chi connectivity index (χ2v) is 7.47. The van der Waals surface area contributed by atoms with Gasteiger partial charge in [-0.2, -0.15) is 13.2 Å². The molecule has 0 aliphatic carbocycles. The maximum absolute atomic E-state index is 12.8. The molecule has 2 aromatic carbocycles. The molecule has 12 heteroatoms. The van der Waals surface area contributed by atoms with Crippen molar-refractivity contribution in [2.45, 2.75) is 12.6 Å². The van der Waals surface area contributed by atoms with E-state index in [0.717, 1.165) is 17.1 Å². The zero-order valence-electron chi connectivity index (χ0n) is 16.8. The molecule has 0 spiro atoms. The van der Waals surface area contributed by atoms with E-state index in [4.69, 9.17) is 16.3 Å². The molecule has 1 aliphatic rings. The molecule has 1 atom stereocenters. The molecule has 33 heavy (non-hydrogen) atoms. The van der Waals surface area contributed by atoms with Gasteiger partial charge in [-0.1, -0.05) is 29.8 Å². The summed E-state index contributed by atoms with van der Waals surface area (Å²) in [5, 5.41) is 3.01. The van der Waals surface area contributed by atoms with Crippen LogP contribution in [-0.4, -0.2) is 41.9 Å². The van der Waals surface area contributed by atoms with Crippen molar-refractivity contribution in [3.8, 4) is 0 Å². The number of hydrogen-bond donors (Lipinski definition) is 2. The van der Waals surface area contributed by atoms with Crippen LogP contribution in [0.25, 0.3) is 0 Å². The lowest BCUT2D eigenvalue weighted by atomic mass is 10.1. The lowest BCUT2D eigenvalue weighted by Gasteiger charge is -2.17. The Bertz CT molecular complexity index is 1080. The number of anilines is 1. The third kappa shape index (κ3) is 6.22. The standard InChI is InChI=1S/C21H17ClF3N3O5/c22-15-7-6-14(21(23,24)25)9-16(15)26-17(29)11-33-20(32)13-8-18(30)28(10-13)27-19(31)12-4-2-1-3-5-12/h1-7,9,13H,8,10-11H2,(H,26,29)(H,27,31)/t13-/m1/s1. The minimum absolute atomic E-state index is 0.131. The van der Waals surface area contributed by atoms with Crippen LogP contribution in [0.2, 0.25) is 5.02 Å². The number of halogens is 4. The van der Waals surface area contributed by atoms with E-state index in [9.17, 15) is 32.3 Å². The van der Waals surface area contributed by atoms with Crippen molar-refractivity contribution in [1.82, 2.24) is 10.4 Å². The Balaban J connectivity index is 1.51. The molecular weight excluding hydrogens is 467 g/mol. The zero-order chi connectivity index (χ0) is 24.2. The van der Waals surface area contributed by atoms with E-state index in [2.05, 4.69) is 10.7 Å². The first kappa shape index (κ1) is 24.1. The molecule has 2 aromatic rings. The maximum atomic E-state index is 12.8. The number of alkyl halides is 3. The Morgan fingerprint density at radius 3 is 2.48 bits per heavy atom. The van der Waals surface area contributed by atoms with Gasteiger partial charge in [-0.05, 0) is 30.3 Å². The number of esters is 1. The van der Waals surface area contributed by atoms with Crippen molar-refractivity contribution in [3.63, 3.8) is 0 Å². The fraction of sp³-hybridized carbons (Fsp3) is 0.238. The Morgan fingerprint density at radius 1 is 1.12 bits per heavy atom. The molecular formula is C21H17ClF3N3O5. The summed E-state index contributed by atoms with van der Waals surface area (Å²) in [6.07, 6.45) is -4.87. The molecule has 0 bridgehead atoms. The topological polar surface area (TPSA) is 105 Å². The summed E-state index contributed by atoms with van der Waals surface area (Å²) < 4.78 is 43.3. The smallest absolute Gasteiger partial charge is 0.416 e. The fourth-order valence-corrected chi connectivity index (χ4v) is 3.15. The summed E-state index contributed by atoms with van der Waals surface area (Å²) >= 11 is 5.81. The highest BCUT2D eigenvalue weighted by atomic mass is 35.5. The van der Waals surface area contributed by atoms with Crippen LogP contribution in [0.5, 0.6) is 0 Å². The SMILES string of the molecule is O=C(COC(=O)[C@@H]1CC(=O)N(NC(=O)c2ccccc2)C1)Nc1cc(C(F)(F)F)ccc1Cl. The van der Waals surface area contributed by atoms with E-state index in [0.29, 0.717) is 11.6 Å². The van der Waals surface area contributed by atoms with E-state index >= 15 is 0 Å². The molecule has 174 valence electrons.